The number of halogens is 1. The smallest absolute Gasteiger partial charge is 0.414 e. The zero-order valence-electron chi connectivity index (χ0n) is 21.4. The van der Waals surface area contributed by atoms with E-state index in [1.807, 2.05) is 19.1 Å². The summed E-state index contributed by atoms with van der Waals surface area (Å²) in [5.74, 6) is -1.80. The Kier molecular flexibility index (Phi) is 6.90. The third-order valence-corrected chi connectivity index (χ3v) is 7.68. The van der Waals surface area contributed by atoms with Crippen molar-refractivity contribution in [1.82, 2.24) is 9.55 Å². The average Bonchev–Trinajstić information content (AvgIpc) is 3.27. The van der Waals surface area contributed by atoms with E-state index < -0.39 is 23.8 Å². The maximum absolute atomic E-state index is 14.4. The first-order chi connectivity index (χ1) is 17.8. The molecule has 3 heterocycles. The Morgan fingerprint density at radius 2 is 2.08 bits per heavy atom. The summed E-state index contributed by atoms with van der Waals surface area (Å²) < 4.78 is 27.3. The van der Waals surface area contributed by atoms with Gasteiger partial charge in [-0.05, 0) is 68.9 Å². The van der Waals surface area contributed by atoms with Crippen molar-refractivity contribution < 1.29 is 28.6 Å². The normalized spacial score (nSPS) is 20.5. The maximum atomic E-state index is 14.4. The van der Waals surface area contributed by atoms with Crippen LogP contribution in [0.4, 0.5) is 14.9 Å². The first-order valence-electron chi connectivity index (χ1n) is 12.8. The van der Waals surface area contributed by atoms with Gasteiger partial charge in [0.1, 0.15) is 11.6 Å². The highest BCUT2D eigenvalue weighted by atomic mass is 19.1. The highest BCUT2D eigenvalue weighted by Gasteiger charge is 2.33. The molecule has 0 bridgehead atoms. The maximum Gasteiger partial charge on any atom is 0.414 e. The molecule has 1 amide bonds. The van der Waals surface area contributed by atoms with Crippen molar-refractivity contribution in [2.24, 2.45) is 0 Å². The Bertz CT molecular complexity index is 1350. The molecule has 1 saturated heterocycles. The fraction of sp³-hybridized carbons (Fsp3) is 0.464. The van der Waals surface area contributed by atoms with E-state index in [0.29, 0.717) is 30.2 Å². The highest BCUT2D eigenvalue weighted by molar-refractivity contribution is 5.95. The number of amides is 1. The van der Waals surface area contributed by atoms with Crippen LogP contribution in [-0.2, 0) is 27.1 Å². The zero-order valence-corrected chi connectivity index (χ0v) is 21.4. The molecule has 1 unspecified atom stereocenters. The van der Waals surface area contributed by atoms with Gasteiger partial charge in [0, 0.05) is 24.6 Å². The number of rotatable bonds is 5. The van der Waals surface area contributed by atoms with Gasteiger partial charge in [-0.25, -0.2) is 14.2 Å². The molecule has 3 atom stereocenters. The molecule has 0 saturated carbocycles. The molecule has 0 aliphatic carbocycles. The van der Waals surface area contributed by atoms with Crippen molar-refractivity contribution in [3.63, 3.8) is 0 Å². The van der Waals surface area contributed by atoms with E-state index in [0.717, 1.165) is 48.0 Å². The van der Waals surface area contributed by atoms with Crippen LogP contribution in [0, 0.1) is 12.7 Å². The Labute approximate surface area is 215 Å². The van der Waals surface area contributed by atoms with Crippen LogP contribution in [0.3, 0.4) is 0 Å². The molecule has 2 aromatic carbocycles. The lowest BCUT2D eigenvalue weighted by atomic mass is 9.94. The number of hydrogen-bond donors (Lipinski definition) is 1. The molecule has 37 heavy (non-hydrogen) atoms. The highest BCUT2D eigenvalue weighted by Crippen LogP contribution is 2.39. The number of carbonyl (C=O) groups excluding carboxylic acids is 1. The SMILES string of the molecule is COC(=O)N1c2ccc3c(nc(CC(C(=O)O)c4ccc(C)c(F)c4)n3[C@@H]3CCCOC3)c2CC[C@@H]1C. The van der Waals surface area contributed by atoms with Gasteiger partial charge >= 0.3 is 12.1 Å². The Morgan fingerprint density at radius 1 is 1.27 bits per heavy atom. The fourth-order valence-electron chi connectivity index (χ4n) is 5.66. The summed E-state index contributed by atoms with van der Waals surface area (Å²) in [5.41, 5.74) is 4.24. The molecule has 8 nitrogen and oxygen atoms in total. The van der Waals surface area contributed by atoms with Gasteiger partial charge in [0.15, 0.2) is 0 Å². The number of aryl methyl sites for hydroxylation is 2. The van der Waals surface area contributed by atoms with Crippen LogP contribution in [0.15, 0.2) is 30.3 Å². The minimum atomic E-state index is -1.03. The van der Waals surface area contributed by atoms with Crippen molar-refractivity contribution >= 4 is 28.8 Å². The van der Waals surface area contributed by atoms with Gasteiger partial charge in [0.2, 0.25) is 0 Å². The lowest BCUT2D eigenvalue weighted by molar-refractivity contribution is -0.138. The molecule has 1 fully saturated rings. The minimum Gasteiger partial charge on any atom is -0.481 e. The largest absolute Gasteiger partial charge is 0.481 e. The summed E-state index contributed by atoms with van der Waals surface area (Å²) >= 11 is 0. The average molecular weight is 510 g/mol. The zero-order chi connectivity index (χ0) is 26.3. The van der Waals surface area contributed by atoms with Crippen LogP contribution >= 0.6 is 0 Å². The second kappa shape index (κ2) is 10.1. The number of fused-ring (bicyclic) bond motifs is 3. The number of anilines is 1. The number of aromatic nitrogens is 2. The first-order valence-corrected chi connectivity index (χ1v) is 12.8. The summed E-state index contributed by atoms with van der Waals surface area (Å²) in [4.78, 5) is 31.6. The summed E-state index contributed by atoms with van der Waals surface area (Å²) in [6.45, 7) is 4.85. The van der Waals surface area contributed by atoms with Gasteiger partial charge in [-0.1, -0.05) is 12.1 Å². The van der Waals surface area contributed by atoms with Crippen molar-refractivity contribution in [3.8, 4) is 0 Å². The standard InChI is InChI=1S/C28H32FN3O5/c1-16-6-8-18(13-22(16)29)21(27(33)34)14-25-30-26-20-9-7-17(2)31(28(35)36-3)23(20)10-11-24(26)32(25)19-5-4-12-37-15-19/h6,8,10-11,13,17,19,21H,4-5,7,9,12,14-15H2,1-3H3,(H,33,34)/t17-,19+,21?/m0/s1. The number of ether oxygens (including phenoxy) is 2. The van der Waals surface area contributed by atoms with Crippen molar-refractivity contribution in [3.05, 3.63) is 58.7 Å². The van der Waals surface area contributed by atoms with E-state index >= 15 is 0 Å². The number of carboxylic acids is 1. The second-order valence-corrected chi connectivity index (χ2v) is 10.0. The van der Waals surface area contributed by atoms with E-state index in [2.05, 4.69) is 4.57 Å². The van der Waals surface area contributed by atoms with Gasteiger partial charge in [-0.2, -0.15) is 0 Å². The predicted octanol–water partition coefficient (Wildman–Crippen LogP) is 5.15. The summed E-state index contributed by atoms with van der Waals surface area (Å²) in [6, 6.07) is 8.47. The number of hydrogen-bond acceptors (Lipinski definition) is 5. The van der Waals surface area contributed by atoms with E-state index in [-0.39, 0.29) is 18.5 Å². The number of methoxy groups -OCH3 is 1. The topological polar surface area (TPSA) is 93.9 Å². The van der Waals surface area contributed by atoms with Crippen molar-refractivity contribution in [1.29, 1.82) is 0 Å². The third-order valence-electron chi connectivity index (χ3n) is 7.68. The molecular formula is C28H32FN3O5. The van der Waals surface area contributed by atoms with Gasteiger partial charge in [0.25, 0.3) is 0 Å². The number of carboxylic acid groups (broad SMARTS) is 1. The van der Waals surface area contributed by atoms with Gasteiger partial charge < -0.3 is 19.1 Å². The molecule has 1 aromatic heterocycles. The molecule has 2 aliphatic rings. The van der Waals surface area contributed by atoms with Gasteiger partial charge in [-0.15, -0.1) is 0 Å². The van der Waals surface area contributed by atoms with Crippen LogP contribution in [0.5, 0.6) is 0 Å². The molecule has 1 N–H and O–H groups in total. The van der Waals surface area contributed by atoms with Crippen LogP contribution in [0.25, 0.3) is 11.0 Å². The quantitative estimate of drug-likeness (QED) is 0.511. The van der Waals surface area contributed by atoms with Crippen LogP contribution in [0.2, 0.25) is 0 Å². The fourth-order valence-corrected chi connectivity index (χ4v) is 5.66. The number of aliphatic carboxylic acids is 1. The third kappa shape index (κ3) is 4.56. The summed E-state index contributed by atoms with van der Waals surface area (Å²) in [7, 11) is 1.37. The molecule has 3 aromatic rings. The molecular weight excluding hydrogens is 477 g/mol. The van der Waals surface area contributed by atoms with Crippen molar-refractivity contribution in [2.45, 2.75) is 64.0 Å². The molecule has 5 rings (SSSR count). The number of benzene rings is 2. The summed E-state index contributed by atoms with van der Waals surface area (Å²) in [6.07, 6.45) is 2.97. The van der Waals surface area contributed by atoms with Gasteiger partial charge in [0.05, 0.1) is 42.4 Å². The molecule has 0 spiro atoms. The van der Waals surface area contributed by atoms with Gasteiger partial charge in [-0.3, -0.25) is 9.69 Å². The Balaban J connectivity index is 1.65. The van der Waals surface area contributed by atoms with Crippen LogP contribution in [0.1, 0.15) is 60.7 Å². The lowest BCUT2D eigenvalue weighted by Gasteiger charge is -2.34. The lowest BCUT2D eigenvalue weighted by Crippen LogP contribution is -2.42. The Morgan fingerprint density at radius 3 is 2.76 bits per heavy atom. The molecule has 0 radical (unpaired) electrons. The van der Waals surface area contributed by atoms with Crippen LogP contribution in [-0.4, -0.2) is 53.1 Å². The van der Waals surface area contributed by atoms with E-state index in [4.69, 9.17) is 14.5 Å². The monoisotopic (exact) mass is 509 g/mol. The number of nitrogens with zero attached hydrogens (tertiary/aromatic N) is 3. The first kappa shape index (κ1) is 25.2. The number of carbonyl (C=O) groups is 2. The molecule has 196 valence electrons. The van der Waals surface area contributed by atoms with E-state index in [9.17, 15) is 19.1 Å². The molecule has 9 heteroatoms. The number of imidazole rings is 1. The predicted molar refractivity (Wildman–Crippen MR) is 137 cm³/mol. The minimum absolute atomic E-state index is 0.00947. The van der Waals surface area contributed by atoms with E-state index in [1.165, 1.54) is 13.2 Å². The summed E-state index contributed by atoms with van der Waals surface area (Å²) in [5, 5.41) is 10.1. The van der Waals surface area contributed by atoms with Crippen LogP contribution < -0.4 is 4.90 Å². The second-order valence-electron chi connectivity index (χ2n) is 10.0. The Hall–Kier alpha value is -3.46. The van der Waals surface area contributed by atoms with E-state index in [1.54, 1.807) is 24.0 Å². The van der Waals surface area contributed by atoms with Crippen molar-refractivity contribution in [2.75, 3.05) is 25.2 Å². The molecule has 2 aliphatic heterocycles.